The fourth-order valence-electron chi connectivity index (χ4n) is 1.98. The van der Waals surface area contributed by atoms with Gasteiger partial charge >= 0.3 is 0 Å². The summed E-state index contributed by atoms with van der Waals surface area (Å²) in [4.78, 5) is 0. The summed E-state index contributed by atoms with van der Waals surface area (Å²) in [6.45, 7) is 7.88. The fraction of sp³-hybridized carbons (Fsp3) is 0.400. The van der Waals surface area contributed by atoms with Crippen LogP contribution in [0.1, 0.15) is 18.3 Å². The molecule has 1 aromatic carbocycles. The molecule has 0 aliphatic carbocycles. The predicted molar refractivity (Wildman–Crippen MR) is 82.5 cm³/mol. The van der Waals surface area contributed by atoms with E-state index in [0.717, 1.165) is 27.4 Å². The molecule has 0 saturated carbocycles. The minimum Gasteiger partial charge on any atom is -0.490 e. The van der Waals surface area contributed by atoms with Crippen molar-refractivity contribution in [3.8, 4) is 11.5 Å². The van der Waals surface area contributed by atoms with Crippen molar-refractivity contribution in [2.75, 3.05) is 13.2 Å². The molecule has 0 amide bonds. The van der Waals surface area contributed by atoms with Gasteiger partial charge in [-0.25, -0.2) is 0 Å². The molecule has 0 aliphatic heterocycles. The Morgan fingerprint density at radius 3 is 2.35 bits per heavy atom. The van der Waals surface area contributed by atoms with Crippen LogP contribution in [0.3, 0.4) is 0 Å². The average Bonchev–Trinajstić information content (AvgIpc) is 2.69. The maximum absolute atomic E-state index is 5.80. The second-order valence-electron chi connectivity index (χ2n) is 4.44. The minimum atomic E-state index is 0.554. The molecule has 20 heavy (non-hydrogen) atoms. The topological polar surface area (TPSA) is 36.3 Å². The lowest BCUT2D eigenvalue weighted by molar-refractivity contribution is 0.261. The predicted octanol–water partition coefficient (Wildman–Crippen LogP) is 3.74. The van der Waals surface area contributed by atoms with Crippen LogP contribution in [0.25, 0.3) is 0 Å². The third-order valence-electron chi connectivity index (χ3n) is 3.00. The summed E-state index contributed by atoms with van der Waals surface area (Å²) in [5.74, 6) is 1.56. The van der Waals surface area contributed by atoms with Crippen LogP contribution in [0.15, 0.2) is 28.7 Å². The highest BCUT2D eigenvalue weighted by Crippen LogP contribution is 2.26. The lowest BCUT2D eigenvalue weighted by Crippen LogP contribution is -2.11. The van der Waals surface area contributed by atoms with E-state index in [1.54, 1.807) is 0 Å². The first-order chi connectivity index (χ1) is 9.63. The van der Waals surface area contributed by atoms with Crippen LogP contribution in [0.4, 0.5) is 0 Å². The Bertz CT molecular complexity index is 581. The zero-order valence-electron chi connectivity index (χ0n) is 12.0. The van der Waals surface area contributed by atoms with Crippen molar-refractivity contribution in [1.82, 2.24) is 9.78 Å². The van der Waals surface area contributed by atoms with Crippen molar-refractivity contribution < 1.29 is 9.47 Å². The standard InChI is InChI=1S/C15H19BrN2O2/c1-4-19-13-7-5-6-8-14(13)20-10-9-18-12(3)15(16)11(2)17-18/h5-8H,4,9-10H2,1-3H3. The molecule has 0 bridgehead atoms. The van der Waals surface area contributed by atoms with Crippen LogP contribution in [-0.4, -0.2) is 23.0 Å². The minimum absolute atomic E-state index is 0.554. The van der Waals surface area contributed by atoms with E-state index >= 15 is 0 Å². The lowest BCUT2D eigenvalue weighted by Gasteiger charge is -2.12. The average molecular weight is 339 g/mol. The van der Waals surface area contributed by atoms with Crippen molar-refractivity contribution in [3.05, 3.63) is 40.1 Å². The number of hydrogen-bond donors (Lipinski definition) is 0. The Labute approximate surface area is 127 Å². The SMILES string of the molecule is CCOc1ccccc1OCCn1nc(C)c(Br)c1C. The van der Waals surface area contributed by atoms with E-state index in [-0.39, 0.29) is 0 Å². The van der Waals surface area contributed by atoms with E-state index in [9.17, 15) is 0 Å². The Balaban J connectivity index is 1.97. The number of aromatic nitrogens is 2. The quantitative estimate of drug-likeness (QED) is 0.804. The smallest absolute Gasteiger partial charge is 0.161 e. The number of para-hydroxylation sites is 2. The van der Waals surface area contributed by atoms with E-state index in [2.05, 4.69) is 21.0 Å². The maximum Gasteiger partial charge on any atom is 0.161 e. The molecule has 0 radical (unpaired) electrons. The number of halogens is 1. The lowest BCUT2D eigenvalue weighted by atomic mass is 10.3. The highest BCUT2D eigenvalue weighted by molar-refractivity contribution is 9.10. The largest absolute Gasteiger partial charge is 0.490 e. The molecule has 0 atom stereocenters. The van der Waals surface area contributed by atoms with Crippen LogP contribution in [0, 0.1) is 13.8 Å². The van der Waals surface area contributed by atoms with Gasteiger partial charge in [-0.2, -0.15) is 5.10 Å². The Hall–Kier alpha value is -1.49. The third-order valence-corrected chi connectivity index (χ3v) is 4.15. The molecule has 0 N–H and O–H groups in total. The van der Waals surface area contributed by atoms with E-state index < -0.39 is 0 Å². The number of rotatable bonds is 6. The number of benzene rings is 1. The summed E-state index contributed by atoms with van der Waals surface area (Å²) >= 11 is 3.52. The number of hydrogen-bond acceptors (Lipinski definition) is 3. The van der Waals surface area contributed by atoms with Gasteiger partial charge in [-0.15, -0.1) is 0 Å². The Morgan fingerprint density at radius 1 is 1.15 bits per heavy atom. The van der Waals surface area contributed by atoms with Crippen molar-refractivity contribution in [1.29, 1.82) is 0 Å². The summed E-state index contributed by atoms with van der Waals surface area (Å²) in [6, 6.07) is 7.72. The molecule has 108 valence electrons. The van der Waals surface area contributed by atoms with Gasteiger partial charge in [0.2, 0.25) is 0 Å². The van der Waals surface area contributed by atoms with Crippen molar-refractivity contribution in [2.24, 2.45) is 0 Å². The van der Waals surface area contributed by atoms with E-state index in [0.29, 0.717) is 19.8 Å². The van der Waals surface area contributed by atoms with Crippen LogP contribution >= 0.6 is 15.9 Å². The van der Waals surface area contributed by atoms with Gasteiger partial charge in [-0.3, -0.25) is 4.68 Å². The summed E-state index contributed by atoms with van der Waals surface area (Å²) in [7, 11) is 0. The molecule has 2 rings (SSSR count). The number of aryl methyl sites for hydroxylation is 1. The molecular formula is C15H19BrN2O2. The van der Waals surface area contributed by atoms with Crippen molar-refractivity contribution in [3.63, 3.8) is 0 Å². The highest BCUT2D eigenvalue weighted by Gasteiger charge is 2.09. The number of ether oxygens (including phenoxy) is 2. The van der Waals surface area contributed by atoms with Crippen LogP contribution < -0.4 is 9.47 Å². The van der Waals surface area contributed by atoms with E-state index in [4.69, 9.17) is 9.47 Å². The summed E-state index contributed by atoms with van der Waals surface area (Å²) in [6.07, 6.45) is 0. The first-order valence-electron chi connectivity index (χ1n) is 6.67. The monoisotopic (exact) mass is 338 g/mol. The van der Waals surface area contributed by atoms with E-state index in [1.165, 1.54) is 0 Å². The van der Waals surface area contributed by atoms with Crippen LogP contribution in [0.2, 0.25) is 0 Å². The molecule has 0 aliphatic rings. The Morgan fingerprint density at radius 2 is 1.80 bits per heavy atom. The molecule has 0 unspecified atom stereocenters. The molecule has 2 aromatic rings. The van der Waals surface area contributed by atoms with Crippen LogP contribution in [0.5, 0.6) is 11.5 Å². The van der Waals surface area contributed by atoms with Gasteiger partial charge in [0.1, 0.15) is 6.61 Å². The van der Waals surface area contributed by atoms with Gasteiger partial charge in [0, 0.05) is 5.69 Å². The van der Waals surface area contributed by atoms with Gasteiger partial charge in [0.15, 0.2) is 11.5 Å². The first kappa shape index (κ1) is 14.9. The third kappa shape index (κ3) is 3.33. The molecule has 0 spiro atoms. The van der Waals surface area contributed by atoms with Crippen molar-refractivity contribution >= 4 is 15.9 Å². The summed E-state index contributed by atoms with van der Waals surface area (Å²) in [5.41, 5.74) is 2.11. The van der Waals surface area contributed by atoms with Gasteiger partial charge < -0.3 is 9.47 Å². The normalized spacial score (nSPS) is 10.6. The molecule has 5 heteroatoms. The molecular weight excluding hydrogens is 320 g/mol. The van der Waals surface area contributed by atoms with Gasteiger partial charge in [-0.05, 0) is 48.8 Å². The molecule has 1 aromatic heterocycles. The first-order valence-corrected chi connectivity index (χ1v) is 7.47. The highest BCUT2D eigenvalue weighted by atomic mass is 79.9. The second kappa shape index (κ2) is 6.79. The van der Waals surface area contributed by atoms with Crippen molar-refractivity contribution in [2.45, 2.75) is 27.3 Å². The van der Waals surface area contributed by atoms with Gasteiger partial charge in [0.05, 0.1) is 23.3 Å². The number of nitrogens with zero attached hydrogens (tertiary/aromatic N) is 2. The van der Waals surface area contributed by atoms with E-state index in [1.807, 2.05) is 49.7 Å². The zero-order chi connectivity index (χ0) is 14.5. The van der Waals surface area contributed by atoms with Gasteiger partial charge in [-0.1, -0.05) is 12.1 Å². The Kier molecular flexibility index (Phi) is 5.06. The summed E-state index contributed by atoms with van der Waals surface area (Å²) in [5, 5.41) is 4.46. The second-order valence-corrected chi connectivity index (χ2v) is 5.23. The fourth-order valence-corrected chi connectivity index (χ4v) is 2.26. The van der Waals surface area contributed by atoms with Crippen LogP contribution in [-0.2, 0) is 6.54 Å². The molecule has 4 nitrogen and oxygen atoms in total. The molecule has 1 heterocycles. The summed E-state index contributed by atoms with van der Waals surface area (Å²) < 4.78 is 14.3. The van der Waals surface area contributed by atoms with Gasteiger partial charge in [0.25, 0.3) is 0 Å². The zero-order valence-corrected chi connectivity index (χ0v) is 13.6. The maximum atomic E-state index is 5.80. The molecule has 0 fully saturated rings. The molecule has 0 saturated heterocycles.